The van der Waals surface area contributed by atoms with Crippen LogP contribution in [0.3, 0.4) is 0 Å². The number of rotatable bonds is 4. The molecule has 3 heteroatoms. The van der Waals surface area contributed by atoms with Crippen molar-refractivity contribution in [2.45, 2.75) is 58.0 Å². The molecule has 1 aliphatic rings. The van der Waals surface area contributed by atoms with Gasteiger partial charge in [0.2, 0.25) is 0 Å². The fourth-order valence-electron chi connectivity index (χ4n) is 2.88. The van der Waals surface area contributed by atoms with Crippen molar-refractivity contribution in [3.8, 4) is 0 Å². The molecule has 2 rings (SSSR count). The Bertz CT molecular complexity index is 459. The second-order valence-electron chi connectivity index (χ2n) is 6.81. The van der Waals surface area contributed by atoms with E-state index >= 15 is 0 Å². The topological polar surface area (TPSA) is 40.5 Å². The van der Waals surface area contributed by atoms with Gasteiger partial charge < -0.3 is 5.11 Å². The number of carboxylic acid groups (broad SMARTS) is 1. The molecular weight excluding hydrogens is 250 g/mol. The van der Waals surface area contributed by atoms with Crippen LogP contribution in [0.15, 0.2) is 24.3 Å². The third-order valence-electron chi connectivity index (χ3n) is 4.11. The van der Waals surface area contributed by atoms with Crippen molar-refractivity contribution in [2.75, 3.05) is 6.54 Å². The smallest absolute Gasteiger partial charge is 0.304 e. The number of carboxylic acids is 1. The molecule has 110 valence electrons. The zero-order valence-corrected chi connectivity index (χ0v) is 12.7. The Labute approximate surface area is 121 Å². The highest BCUT2D eigenvalue weighted by atomic mass is 16.4. The molecule has 0 aliphatic carbocycles. The van der Waals surface area contributed by atoms with E-state index in [-0.39, 0.29) is 17.9 Å². The van der Waals surface area contributed by atoms with Gasteiger partial charge in [0.25, 0.3) is 0 Å². The minimum absolute atomic E-state index is 0.179. The molecule has 1 N–H and O–H groups in total. The molecule has 0 aromatic heterocycles. The van der Waals surface area contributed by atoms with E-state index in [1.165, 1.54) is 11.1 Å². The highest BCUT2D eigenvalue weighted by molar-refractivity contribution is 5.67. The molecule has 0 spiro atoms. The third-order valence-corrected chi connectivity index (χ3v) is 4.11. The standard InChI is InChI=1S/C17H25NO2/c1-17(2,3)14-8-6-13(7-9-14)12-18-10-4-5-15(18)11-16(19)20/h6-9,15H,4-5,10-12H2,1-3H3,(H,19,20). The summed E-state index contributed by atoms with van der Waals surface area (Å²) in [4.78, 5) is 13.2. The van der Waals surface area contributed by atoms with E-state index in [4.69, 9.17) is 5.11 Å². The van der Waals surface area contributed by atoms with Crippen molar-refractivity contribution in [1.29, 1.82) is 0 Å². The first-order valence-electron chi connectivity index (χ1n) is 7.41. The van der Waals surface area contributed by atoms with Crippen molar-refractivity contribution in [2.24, 2.45) is 0 Å². The Morgan fingerprint density at radius 2 is 1.95 bits per heavy atom. The molecule has 1 aromatic rings. The lowest BCUT2D eigenvalue weighted by Crippen LogP contribution is -2.30. The lowest BCUT2D eigenvalue weighted by Gasteiger charge is -2.24. The maximum atomic E-state index is 10.9. The number of nitrogens with zero attached hydrogens (tertiary/aromatic N) is 1. The third kappa shape index (κ3) is 3.83. The number of likely N-dealkylation sites (tertiary alicyclic amines) is 1. The van der Waals surface area contributed by atoms with Crippen LogP contribution in [0, 0.1) is 0 Å². The van der Waals surface area contributed by atoms with Crippen LogP contribution in [-0.2, 0) is 16.8 Å². The molecule has 1 heterocycles. The summed E-state index contributed by atoms with van der Waals surface area (Å²) in [6, 6.07) is 8.94. The van der Waals surface area contributed by atoms with Crippen LogP contribution in [0.5, 0.6) is 0 Å². The minimum atomic E-state index is -0.690. The van der Waals surface area contributed by atoms with Crippen LogP contribution in [0.25, 0.3) is 0 Å². The van der Waals surface area contributed by atoms with Crippen LogP contribution in [0.4, 0.5) is 0 Å². The van der Waals surface area contributed by atoms with E-state index in [1.54, 1.807) is 0 Å². The molecule has 3 nitrogen and oxygen atoms in total. The number of hydrogen-bond donors (Lipinski definition) is 1. The van der Waals surface area contributed by atoms with E-state index in [2.05, 4.69) is 49.9 Å². The van der Waals surface area contributed by atoms with Crippen LogP contribution < -0.4 is 0 Å². The van der Waals surface area contributed by atoms with E-state index in [0.29, 0.717) is 0 Å². The first-order valence-corrected chi connectivity index (χ1v) is 7.41. The van der Waals surface area contributed by atoms with Crippen LogP contribution in [-0.4, -0.2) is 28.6 Å². The van der Waals surface area contributed by atoms with Crippen molar-refractivity contribution in [1.82, 2.24) is 4.90 Å². The fraction of sp³-hybridized carbons (Fsp3) is 0.588. The molecule has 1 atom stereocenters. The number of hydrogen-bond acceptors (Lipinski definition) is 2. The Kier molecular flexibility index (Phi) is 4.48. The molecule has 0 amide bonds. The van der Waals surface area contributed by atoms with Gasteiger partial charge in [-0.1, -0.05) is 45.0 Å². The van der Waals surface area contributed by atoms with Crippen LogP contribution in [0.2, 0.25) is 0 Å². The average Bonchev–Trinajstić information content (AvgIpc) is 2.75. The maximum Gasteiger partial charge on any atom is 0.304 e. The summed E-state index contributed by atoms with van der Waals surface area (Å²) in [5.41, 5.74) is 2.79. The molecule has 1 fully saturated rings. The van der Waals surface area contributed by atoms with Crippen molar-refractivity contribution >= 4 is 5.97 Å². The zero-order valence-electron chi connectivity index (χ0n) is 12.7. The Hall–Kier alpha value is -1.35. The largest absolute Gasteiger partial charge is 0.481 e. The van der Waals surface area contributed by atoms with Gasteiger partial charge in [-0.2, -0.15) is 0 Å². The molecule has 1 aliphatic heterocycles. The normalized spacial score (nSPS) is 20.2. The van der Waals surface area contributed by atoms with Crippen molar-refractivity contribution in [3.63, 3.8) is 0 Å². The summed E-state index contributed by atoms with van der Waals surface area (Å²) in [5.74, 6) is -0.690. The predicted octanol–water partition coefficient (Wildman–Crippen LogP) is 3.42. The van der Waals surface area contributed by atoms with Gasteiger partial charge in [0.1, 0.15) is 0 Å². The number of benzene rings is 1. The molecule has 0 saturated carbocycles. The average molecular weight is 275 g/mol. The first-order chi connectivity index (χ1) is 9.36. The van der Waals surface area contributed by atoms with Gasteiger partial charge in [-0.05, 0) is 35.9 Å². The Balaban J connectivity index is 2.01. The van der Waals surface area contributed by atoms with Gasteiger partial charge in [-0.3, -0.25) is 9.69 Å². The summed E-state index contributed by atoms with van der Waals surface area (Å²) < 4.78 is 0. The van der Waals surface area contributed by atoms with Gasteiger partial charge in [-0.25, -0.2) is 0 Å². The van der Waals surface area contributed by atoms with Crippen LogP contribution in [0.1, 0.15) is 51.2 Å². The number of carbonyl (C=O) groups is 1. The molecule has 0 bridgehead atoms. The van der Waals surface area contributed by atoms with Crippen molar-refractivity contribution in [3.05, 3.63) is 35.4 Å². The maximum absolute atomic E-state index is 10.9. The molecular formula is C17H25NO2. The van der Waals surface area contributed by atoms with Gasteiger partial charge in [0.15, 0.2) is 0 Å². The molecule has 20 heavy (non-hydrogen) atoms. The van der Waals surface area contributed by atoms with Crippen LogP contribution >= 0.6 is 0 Å². The SMILES string of the molecule is CC(C)(C)c1ccc(CN2CCCC2CC(=O)O)cc1. The molecule has 1 aromatic carbocycles. The second kappa shape index (κ2) is 5.96. The summed E-state index contributed by atoms with van der Waals surface area (Å²) in [6.07, 6.45) is 2.38. The van der Waals surface area contributed by atoms with Gasteiger partial charge in [-0.15, -0.1) is 0 Å². The lowest BCUT2D eigenvalue weighted by molar-refractivity contribution is -0.138. The Morgan fingerprint density at radius 3 is 2.50 bits per heavy atom. The summed E-state index contributed by atoms with van der Waals surface area (Å²) in [7, 11) is 0. The van der Waals surface area contributed by atoms with Gasteiger partial charge in [0, 0.05) is 12.6 Å². The van der Waals surface area contributed by atoms with E-state index in [9.17, 15) is 4.79 Å². The molecule has 1 saturated heterocycles. The highest BCUT2D eigenvalue weighted by Crippen LogP contribution is 2.25. The second-order valence-corrected chi connectivity index (χ2v) is 6.81. The fourth-order valence-corrected chi connectivity index (χ4v) is 2.88. The summed E-state index contributed by atoms with van der Waals surface area (Å²) in [5, 5.41) is 8.96. The summed E-state index contributed by atoms with van der Waals surface area (Å²) >= 11 is 0. The minimum Gasteiger partial charge on any atom is -0.481 e. The van der Waals surface area contributed by atoms with Crippen molar-refractivity contribution < 1.29 is 9.90 Å². The molecule has 1 unspecified atom stereocenters. The highest BCUT2D eigenvalue weighted by Gasteiger charge is 2.26. The van der Waals surface area contributed by atoms with Gasteiger partial charge in [0.05, 0.1) is 6.42 Å². The quantitative estimate of drug-likeness (QED) is 0.915. The molecule has 0 radical (unpaired) electrons. The Morgan fingerprint density at radius 1 is 1.30 bits per heavy atom. The zero-order chi connectivity index (χ0) is 14.8. The monoisotopic (exact) mass is 275 g/mol. The predicted molar refractivity (Wildman–Crippen MR) is 80.8 cm³/mol. The van der Waals surface area contributed by atoms with E-state index in [0.717, 1.165) is 25.9 Å². The first kappa shape index (κ1) is 15.0. The van der Waals surface area contributed by atoms with E-state index < -0.39 is 5.97 Å². The number of aliphatic carboxylic acids is 1. The summed E-state index contributed by atoms with van der Waals surface area (Å²) in [6.45, 7) is 8.52. The van der Waals surface area contributed by atoms with Gasteiger partial charge >= 0.3 is 5.97 Å². The van der Waals surface area contributed by atoms with E-state index in [1.807, 2.05) is 0 Å². The lowest BCUT2D eigenvalue weighted by atomic mass is 9.87.